The van der Waals surface area contributed by atoms with Crippen molar-refractivity contribution >= 4 is 40.8 Å². The van der Waals surface area contributed by atoms with E-state index in [0.717, 1.165) is 0 Å². The van der Waals surface area contributed by atoms with E-state index in [9.17, 15) is 4.79 Å². The molecule has 0 heterocycles. The monoisotopic (exact) mass is 266 g/mol. The Kier molecular flexibility index (Phi) is 4.51. The number of halogens is 3. The zero-order valence-electron chi connectivity index (χ0n) is 7.90. The predicted molar refractivity (Wildman–Crippen MR) is 63.0 cm³/mol. The summed E-state index contributed by atoms with van der Waals surface area (Å²) >= 11 is 17.7. The van der Waals surface area contributed by atoms with Crippen LogP contribution in [0.3, 0.4) is 0 Å². The summed E-state index contributed by atoms with van der Waals surface area (Å²) < 4.78 is 0. The van der Waals surface area contributed by atoms with E-state index in [-0.39, 0.29) is 6.03 Å². The number of carbonyl (C=O) groups excluding carboxylic acids is 1. The van der Waals surface area contributed by atoms with Crippen molar-refractivity contribution in [3.63, 3.8) is 0 Å². The maximum Gasteiger partial charge on any atom is 0.319 e. The molecule has 0 atom stereocenters. The number of nitrogens with one attached hydrogen (secondary N) is 2. The van der Waals surface area contributed by atoms with Gasteiger partial charge in [-0.05, 0) is 6.08 Å². The number of amides is 2. The number of hydrogen-bond donors (Lipinski definition) is 2. The molecule has 0 unspecified atom stereocenters. The fraction of sp³-hybridized carbons (Fsp3) is 0.222. The van der Waals surface area contributed by atoms with Crippen LogP contribution in [0.5, 0.6) is 0 Å². The first kappa shape index (κ1) is 12.4. The maximum atomic E-state index is 11.1. The first-order chi connectivity index (χ1) is 7.04. The standard InChI is InChI=1S/C9H9Cl3N2O/c1-13-9(15)14-8-6(11)3-2-5(10)4-7(8)12/h2,4H,3H2,1H3,(H2,13,14,15). The van der Waals surface area contributed by atoms with Crippen LogP contribution in [0.1, 0.15) is 6.42 Å². The summed E-state index contributed by atoms with van der Waals surface area (Å²) in [4.78, 5) is 11.1. The molecule has 82 valence electrons. The average molecular weight is 268 g/mol. The van der Waals surface area contributed by atoms with E-state index in [4.69, 9.17) is 34.8 Å². The lowest BCUT2D eigenvalue weighted by molar-refractivity contribution is 0.245. The summed E-state index contributed by atoms with van der Waals surface area (Å²) in [6.07, 6.45) is 3.68. The molecule has 0 aliphatic heterocycles. The van der Waals surface area contributed by atoms with Gasteiger partial charge in [-0.2, -0.15) is 0 Å². The largest absolute Gasteiger partial charge is 0.341 e. The highest BCUT2D eigenvalue weighted by Crippen LogP contribution is 2.28. The van der Waals surface area contributed by atoms with E-state index in [1.807, 2.05) is 0 Å². The van der Waals surface area contributed by atoms with Crippen LogP contribution < -0.4 is 10.6 Å². The smallest absolute Gasteiger partial charge is 0.319 e. The summed E-state index contributed by atoms with van der Waals surface area (Å²) in [5.74, 6) is 0. The highest BCUT2D eigenvalue weighted by molar-refractivity contribution is 6.38. The number of rotatable bonds is 1. The molecule has 2 N–H and O–H groups in total. The van der Waals surface area contributed by atoms with E-state index >= 15 is 0 Å². The minimum absolute atomic E-state index is 0.308. The SMILES string of the molecule is CNC(=O)NC1=C(Cl)CC=C(Cl)C=C1Cl. The van der Waals surface area contributed by atoms with Crippen LogP contribution in [0.25, 0.3) is 0 Å². The molecule has 0 aromatic rings. The van der Waals surface area contributed by atoms with Crippen LogP contribution in [0.15, 0.2) is 32.9 Å². The molecule has 3 nitrogen and oxygen atoms in total. The van der Waals surface area contributed by atoms with Gasteiger partial charge in [0.1, 0.15) is 0 Å². The molecular weight excluding hydrogens is 258 g/mol. The number of hydrogen-bond acceptors (Lipinski definition) is 1. The minimum atomic E-state index is -0.382. The maximum absolute atomic E-state index is 11.1. The van der Waals surface area contributed by atoms with Crippen molar-refractivity contribution in [3.05, 3.63) is 32.9 Å². The van der Waals surface area contributed by atoms with Gasteiger partial charge in [0.2, 0.25) is 0 Å². The molecule has 6 heteroatoms. The Morgan fingerprint density at radius 2 is 2.07 bits per heavy atom. The van der Waals surface area contributed by atoms with Crippen LogP contribution >= 0.6 is 34.8 Å². The van der Waals surface area contributed by atoms with Gasteiger partial charge in [0.05, 0.1) is 10.7 Å². The van der Waals surface area contributed by atoms with E-state index in [0.29, 0.717) is 27.2 Å². The van der Waals surface area contributed by atoms with Gasteiger partial charge in [0.25, 0.3) is 0 Å². The van der Waals surface area contributed by atoms with Crippen molar-refractivity contribution in [2.45, 2.75) is 6.42 Å². The lowest BCUT2D eigenvalue weighted by atomic mass is 10.3. The van der Waals surface area contributed by atoms with Crippen LogP contribution in [0, 0.1) is 0 Å². The molecule has 0 aromatic carbocycles. The topological polar surface area (TPSA) is 41.1 Å². The van der Waals surface area contributed by atoms with Crippen LogP contribution in [0.2, 0.25) is 0 Å². The molecule has 0 fully saturated rings. The fourth-order valence-electron chi connectivity index (χ4n) is 0.974. The van der Waals surface area contributed by atoms with Gasteiger partial charge in [0, 0.05) is 23.5 Å². The lowest BCUT2D eigenvalue weighted by Crippen LogP contribution is -2.32. The molecule has 15 heavy (non-hydrogen) atoms. The van der Waals surface area contributed by atoms with Crippen molar-refractivity contribution in [2.75, 3.05) is 7.05 Å². The van der Waals surface area contributed by atoms with Gasteiger partial charge in [-0.15, -0.1) is 0 Å². The molecule has 0 aromatic heterocycles. The second-order valence-electron chi connectivity index (χ2n) is 2.77. The second-order valence-corrected chi connectivity index (χ2v) is 4.07. The van der Waals surface area contributed by atoms with Crippen LogP contribution in [0.4, 0.5) is 4.79 Å². The van der Waals surface area contributed by atoms with Gasteiger partial charge < -0.3 is 10.6 Å². The molecule has 2 amide bonds. The first-order valence-electron chi connectivity index (χ1n) is 4.15. The van der Waals surface area contributed by atoms with E-state index in [1.165, 1.54) is 13.1 Å². The van der Waals surface area contributed by atoms with E-state index in [2.05, 4.69) is 10.6 Å². The third-order valence-electron chi connectivity index (χ3n) is 1.72. The first-order valence-corrected chi connectivity index (χ1v) is 5.28. The number of carbonyl (C=O) groups is 1. The van der Waals surface area contributed by atoms with Crippen molar-refractivity contribution in [2.24, 2.45) is 0 Å². The van der Waals surface area contributed by atoms with Gasteiger partial charge in [-0.3, -0.25) is 0 Å². The van der Waals surface area contributed by atoms with Crippen LogP contribution in [-0.4, -0.2) is 13.1 Å². The molecule has 0 bridgehead atoms. The highest BCUT2D eigenvalue weighted by atomic mass is 35.5. The Morgan fingerprint density at radius 3 is 2.67 bits per heavy atom. The molecule has 1 rings (SSSR count). The van der Waals surface area contributed by atoms with Crippen LogP contribution in [-0.2, 0) is 0 Å². The Hall–Kier alpha value is -0.640. The van der Waals surface area contributed by atoms with Crippen molar-refractivity contribution in [1.82, 2.24) is 10.6 Å². The summed E-state index contributed by atoms with van der Waals surface area (Å²) in [5.41, 5.74) is 0.379. The molecule has 1 aliphatic rings. The number of allylic oxidation sites excluding steroid dienone is 5. The predicted octanol–water partition coefficient (Wildman–Crippen LogP) is 3.01. The third kappa shape index (κ3) is 3.45. The quantitative estimate of drug-likeness (QED) is 0.753. The van der Waals surface area contributed by atoms with Crippen molar-refractivity contribution < 1.29 is 4.79 Å². The van der Waals surface area contributed by atoms with Crippen molar-refractivity contribution in [1.29, 1.82) is 0 Å². The van der Waals surface area contributed by atoms with Crippen molar-refractivity contribution in [3.8, 4) is 0 Å². The molecule has 1 aliphatic carbocycles. The number of urea groups is 1. The summed E-state index contributed by atoms with van der Waals surface area (Å²) in [6, 6.07) is -0.382. The Labute approximate surface area is 103 Å². The molecular formula is C9H9Cl3N2O. The Balaban J connectivity index is 2.95. The summed E-state index contributed by atoms with van der Waals surface area (Å²) in [6.45, 7) is 0. The molecule has 0 radical (unpaired) electrons. The van der Waals surface area contributed by atoms with E-state index in [1.54, 1.807) is 6.08 Å². The fourth-order valence-corrected chi connectivity index (χ4v) is 1.77. The summed E-state index contributed by atoms with van der Waals surface area (Å²) in [5, 5.41) is 6.18. The van der Waals surface area contributed by atoms with Gasteiger partial charge in [-0.25, -0.2) is 4.79 Å². The lowest BCUT2D eigenvalue weighted by Gasteiger charge is -2.09. The summed E-state index contributed by atoms with van der Waals surface area (Å²) in [7, 11) is 1.50. The molecule has 0 spiro atoms. The Morgan fingerprint density at radius 1 is 1.40 bits per heavy atom. The average Bonchev–Trinajstić information content (AvgIpc) is 2.31. The molecule has 0 saturated heterocycles. The third-order valence-corrected chi connectivity index (χ3v) is 2.62. The second kappa shape index (κ2) is 5.45. The van der Waals surface area contributed by atoms with Gasteiger partial charge in [-0.1, -0.05) is 40.9 Å². The zero-order valence-corrected chi connectivity index (χ0v) is 10.2. The van der Waals surface area contributed by atoms with Gasteiger partial charge in [0.15, 0.2) is 0 Å². The normalized spacial score (nSPS) is 16.5. The van der Waals surface area contributed by atoms with Gasteiger partial charge >= 0.3 is 6.03 Å². The Bertz CT molecular complexity index is 372. The van der Waals surface area contributed by atoms with E-state index < -0.39 is 0 Å². The minimum Gasteiger partial charge on any atom is -0.341 e. The zero-order chi connectivity index (χ0) is 11.4. The molecule has 0 saturated carbocycles. The highest BCUT2D eigenvalue weighted by Gasteiger charge is 2.14.